The Morgan fingerprint density at radius 2 is 1.62 bits per heavy atom. The summed E-state index contributed by atoms with van der Waals surface area (Å²) in [4.78, 5) is 0. The molecule has 0 unspecified atom stereocenters. The minimum atomic E-state index is -3.40. The third kappa shape index (κ3) is 3.57. The van der Waals surface area contributed by atoms with Crippen molar-refractivity contribution in [1.29, 1.82) is 0 Å². The Bertz CT molecular complexity index is 367. The minimum Gasteiger partial charge on any atom is -0.228 e. The van der Waals surface area contributed by atoms with Crippen LogP contribution in [0.4, 0.5) is 0 Å². The molecule has 0 radical (unpaired) electrons. The van der Waals surface area contributed by atoms with Crippen LogP contribution in [-0.4, -0.2) is 8.42 Å². The van der Waals surface area contributed by atoms with E-state index in [1.807, 2.05) is 12.1 Å². The molecule has 72 valence electrons. The number of benzene rings is 1. The third-order valence-electron chi connectivity index (χ3n) is 1.80. The quantitative estimate of drug-likeness (QED) is 0.790. The first-order chi connectivity index (χ1) is 6.01. The standard InChI is InChI=1S/C9H13NO2S/c1-2-8-3-5-9(6-4-8)7-13(10,11)12/h3-6H,2,7H2,1H3,(H2,10,11,12). The average molecular weight is 199 g/mol. The Hall–Kier alpha value is -0.870. The van der Waals surface area contributed by atoms with Crippen LogP contribution in [0.1, 0.15) is 18.1 Å². The van der Waals surface area contributed by atoms with Gasteiger partial charge in [-0.3, -0.25) is 0 Å². The highest BCUT2D eigenvalue weighted by Crippen LogP contribution is 2.06. The van der Waals surface area contributed by atoms with Crippen molar-refractivity contribution >= 4 is 10.0 Å². The van der Waals surface area contributed by atoms with Gasteiger partial charge in [0.05, 0.1) is 5.75 Å². The molecular weight excluding hydrogens is 186 g/mol. The first kappa shape index (κ1) is 10.2. The molecule has 4 heteroatoms. The number of nitrogens with two attached hydrogens (primary N) is 1. The zero-order chi connectivity index (χ0) is 9.90. The van der Waals surface area contributed by atoms with Crippen molar-refractivity contribution in [3.8, 4) is 0 Å². The summed E-state index contributed by atoms with van der Waals surface area (Å²) in [6.07, 6.45) is 0.954. The van der Waals surface area contributed by atoms with E-state index in [-0.39, 0.29) is 5.75 Å². The minimum absolute atomic E-state index is 0.0863. The van der Waals surface area contributed by atoms with Gasteiger partial charge in [-0.15, -0.1) is 0 Å². The van der Waals surface area contributed by atoms with E-state index < -0.39 is 10.0 Å². The van der Waals surface area contributed by atoms with Gasteiger partial charge in [0, 0.05) is 0 Å². The molecule has 0 aromatic heterocycles. The molecule has 0 spiro atoms. The van der Waals surface area contributed by atoms with Gasteiger partial charge in [-0.25, -0.2) is 13.6 Å². The van der Waals surface area contributed by atoms with E-state index in [1.54, 1.807) is 12.1 Å². The largest absolute Gasteiger partial charge is 0.228 e. The second-order valence-electron chi connectivity index (χ2n) is 2.98. The molecule has 0 aliphatic carbocycles. The summed E-state index contributed by atoms with van der Waals surface area (Å²) >= 11 is 0. The lowest BCUT2D eigenvalue weighted by molar-refractivity contribution is 0.597. The first-order valence-electron chi connectivity index (χ1n) is 4.09. The molecule has 0 fully saturated rings. The van der Waals surface area contributed by atoms with E-state index in [2.05, 4.69) is 6.92 Å². The van der Waals surface area contributed by atoms with Crippen molar-refractivity contribution in [2.75, 3.05) is 0 Å². The normalized spacial score (nSPS) is 11.5. The highest BCUT2D eigenvalue weighted by atomic mass is 32.2. The molecule has 0 aliphatic heterocycles. The lowest BCUT2D eigenvalue weighted by Crippen LogP contribution is -2.14. The maximum atomic E-state index is 10.7. The van der Waals surface area contributed by atoms with E-state index in [4.69, 9.17) is 5.14 Å². The van der Waals surface area contributed by atoms with Crippen LogP contribution in [0, 0.1) is 0 Å². The van der Waals surface area contributed by atoms with E-state index in [0.29, 0.717) is 0 Å². The molecule has 0 bridgehead atoms. The predicted molar refractivity (Wildman–Crippen MR) is 52.6 cm³/mol. The molecule has 0 amide bonds. The van der Waals surface area contributed by atoms with Crippen LogP contribution in [0.5, 0.6) is 0 Å². The van der Waals surface area contributed by atoms with E-state index >= 15 is 0 Å². The van der Waals surface area contributed by atoms with Gasteiger partial charge in [0.25, 0.3) is 0 Å². The molecule has 0 atom stereocenters. The summed E-state index contributed by atoms with van der Waals surface area (Å²) in [6.45, 7) is 2.05. The SMILES string of the molecule is CCc1ccc(CS(N)(=O)=O)cc1. The molecule has 1 rings (SSSR count). The van der Waals surface area contributed by atoms with Crippen LogP contribution in [0.25, 0.3) is 0 Å². The van der Waals surface area contributed by atoms with Gasteiger partial charge in [-0.05, 0) is 17.5 Å². The summed E-state index contributed by atoms with van der Waals surface area (Å²) in [6, 6.07) is 7.42. The topological polar surface area (TPSA) is 60.2 Å². The average Bonchev–Trinajstić information content (AvgIpc) is 2.03. The van der Waals surface area contributed by atoms with E-state index in [0.717, 1.165) is 12.0 Å². The Kier molecular flexibility index (Phi) is 3.06. The van der Waals surface area contributed by atoms with Gasteiger partial charge in [-0.1, -0.05) is 31.2 Å². The smallest absolute Gasteiger partial charge is 0.213 e. The Morgan fingerprint density at radius 1 is 1.15 bits per heavy atom. The summed E-state index contributed by atoms with van der Waals surface area (Å²) < 4.78 is 21.5. The van der Waals surface area contributed by atoms with Crippen molar-refractivity contribution < 1.29 is 8.42 Å². The zero-order valence-corrected chi connectivity index (χ0v) is 8.34. The molecule has 0 saturated carbocycles. The lowest BCUT2D eigenvalue weighted by atomic mass is 10.1. The molecule has 0 aliphatic rings. The lowest BCUT2D eigenvalue weighted by Gasteiger charge is -2.00. The highest BCUT2D eigenvalue weighted by molar-refractivity contribution is 7.88. The summed E-state index contributed by atoms with van der Waals surface area (Å²) in [7, 11) is -3.40. The van der Waals surface area contributed by atoms with Gasteiger partial charge in [0.2, 0.25) is 10.0 Å². The highest BCUT2D eigenvalue weighted by Gasteiger charge is 2.03. The molecule has 0 heterocycles. The van der Waals surface area contributed by atoms with Gasteiger partial charge in [0.15, 0.2) is 0 Å². The van der Waals surface area contributed by atoms with Crippen LogP contribution in [0.2, 0.25) is 0 Å². The Labute approximate surface area is 78.6 Å². The maximum absolute atomic E-state index is 10.7. The van der Waals surface area contributed by atoms with Crippen molar-refractivity contribution in [3.63, 3.8) is 0 Å². The second kappa shape index (κ2) is 3.89. The first-order valence-corrected chi connectivity index (χ1v) is 5.81. The van der Waals surface area contributed by atoms with E-state index in [1.165, 1.54) is 5.56 Å². The van der Waals surface area contributed by atoms with Gasteiger partial charge in [0.1, 0.15) is 0 Å². The molecule has 1 aromatic carbocycles. The molecule has 1 aromatic rings. The van der Waals surface area contributed by atoms with Gasteiger partial charge < -0.3 is 0 Å². The van der Waals surface area contributed by atoms with Crippen molar-refractivity contribution in [1.82, 2.24) is 0 Å². The monoisotopic (exact) mass is 199 g/mol. The molecule has 2 N–H and O–H groups in total. The number of primary sulfonamides is 1. The number of hydrogen-bond donors (Lipinski definition) is 1. The third-order valence-corrected chi connectivity index (χ3v) is 2.53. The molecule has 13 heavy (non-hydrogen) atoms. The fourth-order valence-corrected chi connectivity index (χ4v) is 1.76. The van der Waals surface area contributed by atoms with Crippen molar-refractivity contribution in [2.45, 2.75) is 19.1 Å². The van der Waals surface area contributed by atoms with Crippen LogP contribution in [0.3, 0.4) is 0 Å². The Morgan fingerprint density at radius 3 is 2.00 bits per heavy atom. The van der Waals surface area contributed by atoms with Crippen molar-refractivity contribution in [3.05, 3.63) is 35.4 Å². The fraction of sp³-hybridized carbons (Fsp3) is 0.333. The second-order valence-corrected chi connectivity index (χ2v) is 4.59. The zero-order valence-electron chi connectivity index (χ0n) is 7.53. The number of hydrogen-bond acceptors (Lipinski definition) is 2. The van der Waals surface area contributed by atoms with Gasteiger partial charge in [-0.2, -0.15) is 0 Å². The summed E-state index contributed by atoms with van der Waals surface area (Å²) in [5.74, 6) is -0.0863. The number of sulfonamides is 1. The van der Waals surface area contributed by atoms with Gasteiger partial charge >= 0.3 is 0 Å². The van der Waals surface area contributed by atoms with Crippen LogP contribution in [-0.2, 0) is 22.2 Å². The van der Waals surface area contributed by atoms with E-state index in [9.17, 15) is 8.42 Å². The maximum Gasteiger partial charge on any atom is 0.213 e. The van der Waals surface area contributed by atoms with Crippen LogP contribution < -0.4 is 5.14 Å². The van der Waals surface area contributed by atoms with Crippen LogP contribution >= 0.6 is 0 Å². The summed E-state index contributed by atoms with van der Waals surface area (Å²) in [5, 5.41) is 4.91. The number of aryl methyl sites for hydroxylation is 1. The number of rotatable bonds is 3. The Balaban J connectivity index is 2.81. The van der Waals surface area contributed by atoms with Crippen LogP contribution in [0.15, 0.2) is 24.3 Å². The predicted octanol–water partition coefficient (Wildman–Crippen LogP) is 1.04. The molecule has 3 nitrogen and oxygen atoms in total. The molecule has 0 saturated heterocycles. The molecular formula is C9H13NO2S. The van der Waals surface area contributed by atoms with Crippen molar-refractivity contribution in [2.24, 2.45) is 5.14 Å². The fourth-order valence-electron chi connectivity index (χ4n) is 1.10. The summed E-state index contributed by atoms with van der Waals surface area (Å²) in [5.41, 5.74) is 1.93.